The molecule has 0 bridgehead atoms. The summed E-state index contributed by atoms with van der Waals surface area (Å²) in [5.41, 5.74) is 6.39. The Morgan fingerprint density at radius 1 is 1.18 bits per heavy atom. The maximum Gasteiger partial charge on any atom is 0.421 e. The van der Waals surface area contributed by atoms with E-state index >= 15 is 0 Å². The Morgan fingerprint density at radius 3 is 2.64 bits per heavy atom. The minimum atomic E-state index is -4.53. The van der Waals surface area contributed by atoms with Crippen molar-refractivity contribution in [2.24, 2.45) is 0 Å². The first-order valence-corrected chi connectivity index (χ1v) is 6.98. The van der Waals surface area contributed by atoms with Crippen LogP contribution in [-0.2, 0) is 6.18 Å². The number of aromatic nitrogens is 2. The van der Waals surface area contributed by atoms with Crippen LogP contribution in [0.4, 0.5) is 18.3 Å². The van der Waals surface area contributed by atoms with Gasteiger partial charge in [-0.1, -0.05) is 17.4 Å². The van der Waals surface area contributed by atoms with Crippen molar-refractivity contribution in [3.8, 4) is 17.0 Å². The van der Waals surface area contributed by atoms with Crippen LogP contribution in [0.3, 0.4) is 0 Å². The summed E-state index contributed by atoms with van der Waals surface area (Å²) in [7, 11) is 1.16. The Hall–Kier alpha value is -2.35. The first-order valence-electron chi connectivity index (χ1n) is 6.16. The summed E-state index contributed by atoms with van der Waals surface area (Å²) in [6.07, 6.45) is -3.19. The van der Waals surface area contributed by atoms with Crippen LogP contribution >= 0.6 is 11.3 Å². The highest BCUT2D eigenvalue weighted by atomic mass is 32.1. The van der Waals surface area contributed by atoms with Gasteiger partial charge in [0.15, 0.2) is 5.13 Å². The van der Waals surface area contributed by atoms with Gasteiger partial charge in [0, 0.05) is 11.8 Å². The summed E-state index contributed by atoms with van der Waals surface area (Å²) in [5.74, 6) is -0.445. The molecule has 4 nitrogen and oxygen atoms in total. The van der Waals surface area contributed by atoms with Gasteiger partial charge in [-0.25, -0.2) is 9.97 Å². The molecular formula is C14H10F3N3OS. The Morgan fingerprint density at radius 2 is 1.95 bits per heavy atom. The fourth-order valence-electron chi connectivity index (χ4n) is 2.10. The van der Waals surface area contributed by atoms with Crippen LogP contribution in [0.25, 0.3) is 21.3 Å². The number of nitrogens with zero attached hydrogens (tertiary/aromatic N) is 2. The van der Waals surface area contributed by atoms with Gasteiger partial charge in [0.25, 0.3) is 0 Å². The van der Waals surface area contributed by atoms with E-state index in [4.69, 9.17) is 5.73 Å². The summed E-state index contributed by atoms with van der Waals surface area (Å²) < 4.78 is 44.6. The Labute approximate surface area is 127 Å². The summed E-state index contributed by atoms with van der Waals surface area (Å²) in [6.45, 7) is 0. The third kappa shape index (κ3) is 2.57. The monoisotopic (exact) mass is 325 g/mol. The zero-order valence-corrected chi connectivity index (χ0v) is 12.1. The number of ether oxygens (including phenoxy) is 1. The number of fused-ring (bicyclic) bond motifs is 1. The topological polar surface area (TPSA) is 61.0 Å². The molecular weight excluding hydrogens is 315 g/mol. The number of hydrogen-bond acceptors (Lipinski definition) is 5. The molecule has 0 amide bonds. The van der Waals surface area contributed by atoms with Crippen LogP contribution in [0.15, 0.2) is 30.5 Å². The molecule has 8 heteroatoms. The number of benzene rings is 1. The molecule has 22 heavy (non-hydrogen) atoms. The maximum atomic E-state index is 13.0. The highest BCUT2D eigenvalue weighted by Gasteiger charge is 2.35. The smallest absolute Gasteiger partial charge is 0.421 e. The summed E-state index contributed by atoms with van der Waals surface area (Å²) in [5, 5.41) is 0.413. The molecule has 0 aliphatic heterocycles. The SMILES string of the molecule is COc1ncc(-c2ccc3nc(N)sc3c2)cc1C(F)(F)F. The van der Waals surface area contributed by atoms with Gasteiger partial charge >= 0.3 is 6.18 Å². The number of nitrogen functional groups attached to an aromatic ring is 1. The molecule has 0 aliphatic rings. The normalized spacial score (nSPS) is 11.8. The van der Waals surface area contributed by atoms with Crippen LogP contribution in [0.2, 0.25) is 0 Å². The molecule has 3 rings (SSSR count). The summed E-state index contributed by atoms with van der Waals surface area (Å²) >= 11 is 1.28. The first kappa shape index (κ1) is 14.6. The molecule has 0 saturated carbocycles. The molecule has 0 radical (unpaired) electrons. The first-order chi connectivity index (χ1) is 10.4. The van der Waals surface area contributed by atoms with Crippen molar-refractivity contribution in [3.63, 3.8) is 0 Å². The van der Waals surface area contributed by atoms with Gasteiger partial charge in [0.2, 0.25) is 5.88 Å². The molecule has 0 spiro atoms. The van der Waals surface area contributed by atoms with Crippen molar-refractivity contribution in [2.45, 2.75) is 6.18 Å². The molecule has 0 unspecified atom stereocenters. The molecule has 3 aromatic rings. The van der Waals surface area contributed by atoms with E-state index in [1.807, 2.05) is 0 Å². The second kappa shape index (κ2) is 5.13. The van der Waals surface area contributed by atoms with Gasteiger partial charge in [0.05, 0.1) is 17.3 Å². The Bertz CT molecular complexity index is 845. The van der Waals surface area contributed by atoms with E-state index in [-0.39, 0.29) is 0 Å². The third-order valence-electron chi connectivity index (χ3n) is 3.09. The van der Waals surface area contributed by atoms with E-state index < -0.39 is 17.6 Å². The minimum Gasteiger partial charge on any atom is -0.481 e. The van der Waals surface area contributed by atoms with Gasteiger partial charge in [-0.2, -0.15) is 13.2 Å². The quantitative estimate of drug-likeness (QED) is 0.774. The molecule has 0 saturated heterocycles. The number of pyridine rings is 1. The number of alkyl halides is 3. The second-order valence-electron chi connectivity index (χ2n) is 4.51. The Kier molecular flexibility index (Phi) is 3.40. The van der Waals surface area contributed by atoms with E-state index in [9.17, 15) is 13.2 Å². The lowest BCUT2D eigenvalue weighted by atomic mass is 10.1. The van der Waals surface area contributed by atoms with Crippen LogP contribution < -0.4 is 10.5 Å². The van der Waals surface area contributed by atoms with Crippen molar-refractivity contribution in [1.29, 1.82) is 0 Å². The van der Waals surface area contributed by atoms with Crippen LogP contribution in [0.5, 0.6) is 5.88 Å². The van der Waals surface area contributed by atoms with Crippen molar-refractivity contribution in [3.05, 3.63) is 36.0 Å². The minimum absolute atomic E-state index is 0.349. The number of anilines is 1. The van der Waals surface area contributed by atoms with Crippen molar-refractivity contribution < 1.29 is 17.9 Å². The van der Waals surface area contributed by atoms with Crippen molar-refractivity contribution >= 4 is 26.7 Å². The van der Waals surface area contributed by atoms with Gasteiger partial charge in [-0.15, -0.1) is 0 Å². The van der Waals surface area contributed by atoms with E-state index in [0.717, 1.165) is 17.9 Å². The number of nitrogens with two attached hydrogens (primary N) is 1. The van der Waals surface area contributed by atoms with E-state index in [2.05, 4.69) is 14.7 Å². The van der Waals surface area contributed by atoms with Crippen LogP contribution in [-0.4, -0.2) is 17.1 Å². The third-order valence-corrected chi connectivity index (χ3v) is 3.94. The second-order valence-corrected chi connectivity index (χ2v) is 5.58. The zero-order chi connectivity index (χ0) is 15.9. The number of methoxy groups -OCH3 is 1. The van der Waals surface area contributed by atoms with Gasteiger partial charge in [-0.05, 0) is 23.8 Å². The fourth-order valence-corrected chi connectivity index (χ4v) is 2.87. The molecule has 0 fully saturated rings. The van der Waals surface area contributed by atoms with E-state index in [0.29, 0.717) is 21.8 Å². The molecule has 0 aliphatic carbocycles. The lowest BCUT2D eigenvalue weighted by molar-refractivity contribution is -0.139. The number of thiazole rings is 1. The predicted molar refractivity (Wildman–Crippen MR) is 78.8 cm³/mol. The highest BCUT2D eigenvalue weighted by molar-refractivity contribution is 7.22. The average molecular weight is 325 g/mol. The lowest BCUT2D eigenvalue weighted by Gasteiger charge is -2.12. The number of hydrogen-bond donors (Lipinski definition) is 1. The van der Waals surface area contributed by atoms with E-state index in [1.165, 1.54) is 17.5 Å². The van der Waals surface area contributed by atoms with Gasteiger partial charge in [-0.3, -0.25) is 0 Å². The molecule has 2 N–H and O–H groups in total. The molecule has 0 atom stereocenters. The largest absolute Gasteiger partial charge is 0.481 e. The molecule has 2 aromatic heterocycles. The molecule has 114 valence electrons. The van der Waals surface area contributed by atoms with Crippen molar-refractivity contribution in [1.82, 2.24) is 9.97 Å². The summed E-state index contributed by atoms with van der Waals surface area (Å²) in [6, 6.07) is 6.17. The highest BCUT2D eigenvalue weighted by Crippen LogP contribution is 2.38. The number of halogens is 3. The Balaban J connectivity index is 2.13. The standard InChI is InChI=1S/C14H10F3N3OS/c1-21-12-9(14(15,16)17)4-8(6-19-12)7-2-3-10-11(5-7)22-13(18)20-10/h2-6H,1H3,(H2,18,20). The number of rotatable bonds is 2. The zero-order valence-electron chi connectivity index (χ0n) is 11.3. The average Bonchev–Trinajstić information content (AvgIpc) is 2.84. The maximum absolute atomic E-state index is 13.0. The van der Waals surface area contributed by atoms with E-state index in [1.54, 1.807) is 18.2 Å². The molecule has 2 heterocycles. The van der Waals surface area contributed by atoms with Crippen molar-refractivity contribution in [2.75, 3.05) is 12.8 Å². The fraction of sp³-hybridized carbons (Fsp3) is 0.143. The molecule has 1 aromatic carbocycles. The van der Waals surface area contributed by atoms with Gasteiger partial charge in [0.1, 0.15) is 5.56 Å². The summed E-state index contributed by atoms with van der Waals surface area (Å²) in [4.78, 5) is 7.86. The predicted octanol–water partition coefficient (Wildman–Crippen LogP) is 3.97. The van der Waals surface area contributed by atoms with Crippen LogP contribution in [0.1, 0.15) is 5.56 Å². The van der Waals surface area contributed by atoms with Gasteiger partial charge < -0.3 is 10.5 Å². The lowest BCUT2D eigenvalue weighted by Crippen LogP contribution is -2.09. The van der Waals surface area contributed by atoms with Crippen LogP contribution in [0, 0.1) is 0 Å².